The SMILES string of the molecule is CC1=C(C)C(=c2ccc(=C(c3ccccc3)c3ccc4[nH]c5ccccc5c4c3)cc2)C=CC1=O. The Kier molecular flexibility index (Phi) is 5.08. The van der Waals surface area contributed by atoms with Crippen molar-refractivity contribution in [2.45, 2.75) is 13.8 Å². The van der Waals surface area contributed by atoms with Crippen LogP contribution in [0.3, 0.4) is 0 Å². The second-order valence-electron chi connectivity index (χ2n) is 9.11. The molecule has 4 aromatic carbocycles. The van der Waals surface area contributed by atoms with E-state index in [4.69, 9.17) is 0 Å². The van der Waals surface area contributed by atoms with Gasteiger partial charge in [0.25, 0.3) is 0 Å². The van der Waals surface area contributed by atoms with Crippen molar-refractivity contribution in [1.29, 1.82) is 0 Å². The fourth-order valence-corrected chi connectivity index (χ4v) is 5.03. The van der Waals surface area contributed by atoms with Gasteiger partial charge >= 0.3 is 0 Å². The molecule has 2 heteroatoms. The van der Waals surface area contributed by atoms with E-state index in [1.165, 1.54) is 27.5 Å². The highest BCUT2D eigenvalue weighted by Crippen LogP contribution is 2.30. The molecule has 1 N–H and O–H groups in total. The van der Waals surface area contributed by atoms with E-state index in [-0.39, 0.29) is 5.78 Å². The van der Waals surface area contributed by atoms with Gasteiger partial charge in [-0.1, -0.05) is 84.9 Å². The Hall–Kier alpha value is -4.43. The Balaban J connectivity index is 1.60. The van der Waals surface area contributed by atoms with Crippen LogP contribution in [0.2, 0.25) is 0 Å². The highest BCUT2D eigenvalue weighted by atomic mass is 16.1. The molecule has 1 aromatic heterocycles. The molecule has 0 atom stereocenters. The van der Waals surface area contributed by atoms with Crippen molar-refractivity contribution < 1.29 is 4.79 Å². The summed E-state index contributed by atoms with van der Waals surface area (Å²) in [5, 5.41) is 4.74. The minimum absolute atomic E-state index is 0.0928. The first-order valence-electron chi connectivity index (χ1n) is 11.9. The third-order valence-electron chi connectivity index (χ3n) is 7.08. The van der Waals surface area contributed by atoms with Gasteiger partial charge in [-0.3, -0.25) is 4.79 Å². The number of hydrogen-bond donors (Lipinski definition) is 1. The Labute approximate surface area is 204 Å². The fourth-order valence-electron chi connectivity index (χ4n) is 5.03. The molecule has 0 saturated heterocycles. The molecule has 0 amide bonds. The van der Waals surface area contributed by atoms with Crippen molar-refractivity contribution in [3.05, 3.63) is 142 Å². The highest BCUT2D eigenvalue weighted by Gasteiger charge is 2.13. The number of aromatic amines is 1. The lowest BCUT2D eigenvalue weighted by Crippen LogP contribution is -2.16. The number of carbonyl (C=O) groups is 1. The number of rotatable bonds is 2. The van der Waals surface area contributed by atoms with Gasteiger partial charge in [-0.05, 0) is 82.0 Å². The number of aromatic nitrogens is 1. The Morgan fingerprint density at radius 1 is 0.629 bits per heavy atom. The largest absolute Gasteiger partial charge is 0.355 e. The first-order valence-corrected chi connectivity index (χ1v) is 11.9. The third kappa shape index (κ3) is 3.64. The summed E-state index contributed by atoms with van der Waals surface area (Å²) in [6.07, 6.45) is 3.61. The average Bonchev–Trinajstić information content (AvgIpc) is 3.27. The number of ketones is 1. The van der Waals surface area contributed by atoms with Crippen molar-refractivity contribution >= 4 is 38.7 Å². The third-order valence-corrected chi connectivity index (χ3v) is 7.08. The first-order chi connectivity index (χ1) is 17.1. The van der Waals surface area contributed by atoms with Gasteiger partial charge in [0.2, 0.25) is 0 Å². The summed E-state index contributed by atoms with van der Waals surface area (Å²) in [7, 11) is 0. The van der Waals surface area contributed by atoms with Crippen LogP contribution < -0.4 is 10.4 Å². The summed E-state index contributed by atoms with van der Waals surface area (Å²) in [6, 6.07) is 34.4. The average molecular weight is 452 g/mol. The quantitative estimate of drug-likeness (QED) is 0.341. The van der Waals surface area contributed by atoms with Crippen LogP contribution in [0.25, 0.3) is 33.0 Å². The van der Waals surface area contributed by atoms with E-state index in [0.29, 0.717) is 0 Å². The number of hydrogen-bond acceptors (Lipinski definition) is 1. The molecule has 1 aliphatic rings. The number of fused-ring (bicyclic) bond motifs is 3. The van der Waals surface area contributed by atoms with E-state index in [1.807, 2.05) is 19.9 Å². The van der Waals surface area contributed by atoms with E-state index in [1.54, 1.807) is 6.08 Å². The fraction of sp³-hybridized carbons (Fsp3) is 0.0606. The minimum atomic E-state index is 0.0928. The van der Waals surface area contributed by atoms with E-state index in [9.17, 15) is 4.79 Å². The molecule has 168 valence electrons. The van der Waals surface area contributed by atoms with Crippen molar-refractivity contribution in [3.8, 4) is 0 Å². The molecule has 0 radical (unpaired) electrons. The molecule has 2 nitrogen and oxygen atoms in total. The zero-order chi connectivity index (χ0) is 23.9. The van der Waals surface area contributed by atoms with Gasteiger partial charge in [-0.15, -0.1) is 0 Å². The summed E-state index contributed by atoms with van der Waals surface area (Å²) < 4.78 is 0. The van der Waals surface area contributed by atoms with Crippen LogP contribution in [-0.4, -0.2) is 10.8 Å². The maximum absolute atomic E-state index is 12.0. The first kappa shape index (κ1) is 21.1. The predicted molar refractivity (Wildman–Crippen MR) is 145 cm³/mol. The Bertz CT molecular complexity index is 1790. The molecule has 0 bridgehead atoms. The summed E-state index contributed by atoms with van der Waals surface area (Å²) in [6.45, 7) is 3.93. The van der Waals surface area contributed by atoms with Crippen molar-refractivity contribution in [2.24, 2.45) is 0 Å². The monoisotopic (exact) mass is 451 g/mol. The summed E-state index contributed by atoms with van der Waals surface area (Å²) in [5.41, 5.74) is 8.83. The van der Waals surface area contributed by atoms with Gasteiger partial charge < -0.3 is 4.98 Å². The molecule has 0 saturated carbocycles. The lowest BCUT2D eigenvalue weighted by Gasteiger charge is -2.12. The number of carbonyl (C=O) groups excluding carboxylic acids is 1. The molecule has 0 aliphatic heterocycles. The van der Waals surface area contributed by atoms with Gasteiger partial charge in [0.1, 0.15) is 0 Å². The Morgan fingerprint density at radius 3 is 2.14 bits per heavy atom. The van der Waals surface area contributed by atoms with Crippen molar-refractivity contribution in [1.82, 2.24) is 4.98 Å². The van der Waals surface area contributed by atoms with Crippen LogP contribution in [0, 0.1) is 0 Å². The van der Waals surface area contributed by atoms with Crippen LogP contribution in [0.1, 0.15) is 25.0 Å². The number of H-pyrrole nitrogens is 1. The maximum Gasteiger partial charge on any atom is 0.181 e. The van der Waals surface area contributed by atoms with Crippen molar-refractivity contribution in [2.75, 3.05) is 0 Å². The second-order valence-corrected chi connectivity index (χ2v) is 9.11. The van der Waals surface area contributed by atoms with E-state index in [0.717, 1.165) is 38.2 Å². The normalized spacial score (nSPS) is 13.8. The molecule has 1 heterocycles. The predicted octanol–water partition coefficient (Wildman–Crippen LogP) is 6.19. The summed E-state index contributed by atoms with van der Waals surface area (Å²) >= 11 is 0. The minimum Gasteiger partial charge on any atom is -0.355 e. The molecular formula is C33H25NO. The molecule has 1 aliphatic carbocycles. The molecular weight excluding hydrogens is 426 g/mol. The molecule has 5 aromatic rings. The second kappa shape index (κ2) is 8.41. The van der Waals surface area contributed by atoms with Crippen LogP contribution in [0.5, 0.6) is 0 Å². The van der Waals surface area contributed by atoms with Crippen LogP contribution in [0.15, 0.2) is 120 Å². The van der Waals surface area contributed by atoms with E-state index >= 15 is 0 Å². The van der Waals surface area contributed by atoms with Gasteiger partial charge in [-0.2, -0.15) is 0 Å². The summed E-state index contributed by atoms with van der Waals surface area (Å²) in [5.74, 6) is 0.0928. The van der Waals surface area contributed by atoms with E-state index in [2.05, 4.69) is 102 Å². The number of benzene rings is 4. The van der Waals surface area contributed by atoms with Crippen LogP contribution >= 0.6 is 0 Å². The standard InChI is InChI=1S/C33H25NO/c1-21-22(2)32(35)19-17-27(21)23-12-14-25(15-13-23)33(24-8-4-3-5-9-24)26-16-18-31-29(20-26)28-10-6-7-11-30(28)34-31/h3-20,34H,1-2H3. The number of para-hydroxylation sites is 1. The number of nitrogens with one attached hydrogen (secondary N) is 1. The molecule has 0 unspecified atom stereocenters. The van der Waals surface area contributed by atoms with Crippen LogP contribution in [0.4, 0.5) is 0 Å². The smallest absolute Gasteiger partial charge is 0.181 e. The van der Waals surface area contributed by atoms with Gasteiger partial charge in [0, 0.05) is 21.8 Å². The number of allylic oxidation sites excluding steroid dienone is 4. The maximum atomic E-state index is 12.0. The van der Waals surface area contributed by atoms with E-state index < -0.39 is 0 Å². The van der Waals surface area contributed by atoms with Gasteiger partial charge in [-0.25, -0.2) is 0 Å². The van der Waals surface area contributed by atoms with Gasteiger partial charge in [0.05, 0.1) is 0 Å². The molecule has 0 spiro atoms. The molecule has 6 rings (SSSR count). The van der Waals surface area contributed by atoms with Crippen molar-refractivity contribution in [3.63, 3.8) is 0 Å². The molecule has 35 heavy (non-hydrogen) atoms. The highest BCUT2D eigenvalue weighted by molar-refractivity contribution is 6.10. The lowest BCUT2D eigenvalue weighted by molar-refractivity contribution is -0.111. The van der Waals surface area contributed by atoms with Crippen LogP contribution in [-0.2, 0) is 4.79 Å². The summed E-state index contributed by atoms with van der Waals surface area (Å²) in [4.78, 5) is 15.6. The Morgan fingerprint density at radius 2 is 1.34 bits per heavy atom. The van der Waals surface area contributed by atoms with Gasteiger partial charge in [0.15, 0.2) is 5.78 Å². The topological polar surface area (TPSA) is 32.9 Å². The lowest BCUT2D eigenvalue weighted by atomic mass is 9.91. The molecule has 0 fully saturated rings. The zero-order valence-corrected chi connectivity index (χ0v) is 19.8. The zero-order valence-electron chi connectivity index (χ0n) is 19.8.